The fourth-order valence-corrected chi connectivity index (χ4v) is 13.1. The molecule has 6 rings (SSSR count). The second kappa shape index (κ2) is 9.71. The minimum absolute atomic E-state index is 0.516. The van der Waals surface area contributed by atoms with Gasteiger partial charge in [-0.15, -0.1) is 6.58 Å². The summed E-state index contributed by atoms with van der Waals surface area (Å²) in [4.78, 5) is 0. The van der Waals surface area contributed by atoms with E-state index in [-0.39, 0.29) is 0 Å². The Kier molecular flexibility index (Phi) is 6.27. The van der Waals surface area contributed by atoms with Gasteiger partial charge >= 0.3 is 0 Å². The molecule has 0 bridgehead atoms. The third-order valence-corrected chi connectivity index (χ3v) is 14.2. The van der Waals surface area contributed by atoms with Gasteiger partial charge in [-0.1, -0.05) is 135 Å². The van der Waals surface area contributed by atoms with Crippen molar-refractivity contribution in [2.45, 2.75) is 55.8 Å². The van der Waals surface area contributed by atoms with Crippen LogP contribution in [-0.4, -0.2) is 8.07 Å². The summed E-state index contributed by atoms with van der Waals surface area (Å²) in [7, 11) is -1.98. The lowest BCUT2D eigenvalue weighted by molar-refractivity contribution is 0.666. The molecular weight excluding hydrogens is 448 g/mol. The van der Waals surface area contributed by atoms with Gasteiger partial charge in [0, 0.05) is 11.1 Å². The lowest BCUT2D eigenvalue weighted by Crippen LogP contribution is -2.45. The maximum Gasteiger partial charge on any atom is 0.0761 e. The van der Waals surface area contributed by atoms with E-state index in [0.717, 1.165) is 6.42 Å². The molecule has 0 N–H and O–H groups in total. The van der Waals surface area contributed by atoms with Crippen LogP contribution in [0.15, 0.2) is 110 Å². The third kappa shape index (κ3) is 3.73. The van der Waals surface area contributed by atoms with Crippen molar-refractivity contribution in [1.82, 2.24) is 0 Å². The topological polar surface area (TPSA) is 0 Å². The van der Waals surface area contributed by atoms with Crippen LogP contribution in [-0.2, 0) is 0 Å². The quantitative estimate of drug-likeness (QED) is 0.126. The number of rotatable bonds is 9. The first-order chi connectivity index (χ1) is 17.7. The highest BCUT2D eigenvalue weighted by Gasteiger charge is 2.51. The fourth-order valence-electron chi connectivity index (χ4n) is 7.34. The van der Waals surface area contributed by atoms with Crippen molar-refractivity contribution in [2.24, 2.45) is 0 Å². The van der Waals surface area contributed by atoms with Gasteiger partial charge in [-0.3, -0.25) is 0 Å². The van der Waals surface area contributed by atoms with Crippen molar-refractivity contribution >= 4 is 8.07 Å². The number of hydrogen-bond acceptors (Lipinski definition) is 0. The number of allylic oxidation sites excluding steroid dienone is 1. The van der Waals surface area contributed by atoms with Crippen LogP contribution in [0.3, 0.4) is 0 Å². The summed E-state index contributed by atoms with van der Waals surface area (Å²) in [5, 5.41) is 0. The zero-order valence-electron chi connectivity index (χ0n) is 21.4. The van der Waals surface area contributed by atoms with Crippen LogP contribution in [0.1, 0.15) is 65.4 Å². The molecule has 180 valence electrons. The van der Waals surface area contributed by atoms with Crippen molar-refractivity contribution in [2.75, 3.05) is 0 Å². The summed E-state index contributed by atoms with van der Waals surface area (Å²) in [6.07, 6.45) is 8.43. The van der Waals surface area contributed by atoms with E-state index in [2.05, 4.69) is 116 Å². The molecule has 36 heavy (non-hydrogen) atoms. The van der Waals surface area contributed by atoms with Gasteiger partial charge in [0.1, 0.15) is 0 Å². The van der Waals surface area contributed by atoms with Gasteiger partial charge in [0.05, 0.1) is 8.07 Å². The molecule has 0 fully saturated rings. The van der Waals surface area contributed by atoms with Crippen molar-refractivity contribution in [1.29, 1.82) is 0 Å². The predicted octanol–water partition coefficient (Wildman–Crippen LogP) is 9.90. The van der Waals surface area contributed by atoms with Crippen LogP contribution < -0.4 is 0 Å². The Morgan fingerprint density at radius 1 is 0.556 bits per heavy atom. The first-order valence-corrected chi connectivity index (χ1v) is 16.6. The summed E-state index contributed by atoms with van der Waals surface area (Å²) >= 11 is 0. The Balaban J connectivity index is 1.50. The van der Waals surface area contributed by atoms with Crippen LogP contribution in [0.25, 0.3) is 22.3 Å². The number of fused-ring (bicyclic) bond motifs is 6. The first-order valence-electron chi connectivity index (χ1n) is 13.7. The standard InChI is InChI=1S/C35H36Si/c1-3-4-5-6-7-16-25-36(2,34-30-21-12-8-17-26(30)27-18-9-13-22-31(27)34)35-32-23-14-10-19-28(32)29-20-11-15-24-33(29)35/h3,8-15,17-24,34-35H,1,4-7,16,25H2,2H3. The molecule has 0 atom stereocenters. The Morgan fingerprint density at radius 3 is 1.31 bits per heavy atom. The molecule has 1 heteroatoms. The molecule has 0 unspecified atom stereocenters. The van der Waals surface area contributed by atoms with Gasteiger partial charge in [0.25, 0.3) is 0 Å². The summed E-state index contributed by atoms with van der Waals surface area (Å²) in [6, 6.07) is 38.4. The molecule has 4 aromatic carbocycles. The summed E-state index contributed by atoms with van der Waals surface area (Å²) in [5.41, 5.74) is 13.2. The van der Waals surface area contributed by atoms with Crippen molar-refractivity contribution in [3.8, 4) is 22.3 Å². The first kappa shape index (κ1) is 23.2. The molecule has 2 aliphatic carbocycles. The average molecular weight is 485 g/mol. The van der Waals surface area contributed by atoms with E-state index in [4.69, 9.17) is 0 Å². The van der Waals surface area contributed by atoms with Gasteiger partial charge in [-0.25, -0.2) is 0 Å². The average Bonchev–Trinajstić information content (AvgIpc) is 3.45. The highest BCUT2D eigenvalue weighted by Crippen LogP contribution is 2.58. The normalized spacial score (nSPS) is 14.2. The van der Waals surface area contributed by atoms with E-state index < -0.39 is 8.07 Å². The number of unbranched alkanes of at least 4 members (excludes halogenated alkanes) is 4. The molecule has 0 amide bonds. The highest BCUT2D eigenvalue weighted by atomic mass is 28.3. The van der Waals surface area contributed by atoms with Crippen LogP contribution >= 0.6 is 0 Å². The molecular formula is C35H36Si. The van der Waals surface area contributed by atoms with Crippen molar-refractivity contribution in [3.63, 3.8) is 0 Å². The van der Waals surface area contributed by atoms with Crippen LogP contribution in [0.5, 0.6) is 0 Å². The number of hydrogen-bond donors (Lipinski definition) is 0. The Morgan fingerprint density at radius 2 is 0.917 bits per heavy atom. The summed E-state index contributed by atoms with van der Waals surface area (Å²) < 4.78 is 0. The lowest BCUT2D eigenvalue weighted by atomic mass is 10.1. The minimum atomic E-state index is -1.98. The molecule has 0 heterocycles. The van der Waals surface area contributed by atoms with E-state index >= 15 is 0 Å². The van der Waals surface area contributed by atoms with Crippen molar-refractivity contribution in [3.05, 3.63) is 132 Å². The molecule has 0 saturated carbocycles. The minimum Gasteiger partial charge on any atom is -0.103 e. The summed E-state index contributed by atoms with van der Waals surface area (Å²) in [6.45, 7) is 6.65. The smallest absolute Gasteiger partial charge is 0.0761 e. The number of benzene rings is 4. The highest BCUT2D eigenvalue weighted by molar-refractivity contribution is 6.83. The van der Waals surface area contributed by atoms with Gasteiger partial charge in [0.15, 0.2) is 0 Å². The SMILES string of the molecule is C=CCCCCCC[Si](C)(C1c2ccccc2-c2ccccc21)C1c2ccccc2-c2ccccc21. The summed E-state index contributed by atoms with van der Waals surface area (Å²) in [5.74, 6) is 0. The zero-order valence-corrected chi connectivity index (χ0v) is 22.4. The monoisotopic (exact) mass is 484 g/mol. The van der Waals surface area contributed by atoms with Crippen LogP contribution in [0, 0.1) is 0 Å². The largest absolute Gasteiger partial charge is 0.103 e. The molecule has 0 saturated heterocycles. The van der Waals surface area contributed by atoms with E-state index in [1.165, 1.54) is 54.0 Å². The molecule has 0 spiro atoms. The zero-order chi connectivity index (χ0) is 24.5. The molecule has 4 aromatic rings. The molecule has 0 aliphatic heterocycles. The Labute approximate surface area is 217 Å². The van der Waals surface area contributed by atoms with Gasteiger partial charge in [-0.2, -0.15) is 0 Å². The predicted molar refractivity (Wildman–Crippen MR) is 157 cm³/mol. The molecule has 0 aromatic heterocycles. The van der Waals surface area contributed by atoms with Crippen LogP contribution in [0.4, 0.5) is 0 Å². The molecule has 2 aliphatic rings. The lowest BCUT2D eigenvalue weighted by Gasteiger charge is -2.41. The Bertz CT molecular complexity index is 1210. The van der Waals surface area contributed by atoms with Crippen molar-refractivity contribution < 1.29 is 0 Å². The van der Waals surface area contributed by atoms with Crippen LogP contribution in [0.2, 0.25) is 12.6 Å². The van der Waals surface area contributed by atoms with Gasteiger partial charge in [0.2, 0.25) is 0 Å². The molecule has 0 nitrogen and oxygen atoms in total. The third-order valence-electron chi connectivity index (χ3n) is 8.86. The maximum absolute atomic E-state index is 3.91. The van der Waals surface area contributed by atoms with E-state index in [1.807, 2.05) is 0 Å². The second-order valence-electron chi connectivity index (χ2n) is 11.0. The maximum atomic E-state index is 3.91. The molecule has 0 radical (unpaired) electrons. The fraction of sp³-hybridized carbons (Fsp3) is 0.257. The van der Waals surface area contributed by atoms with E-state index in [1.54, 1.807) is 22.3 Å². The van der Waals surface area contributed by atoms with E-state index in [9.17, 15) is 0 Å². The van der Waals surface area contributed by atoms with Gasteiger partial charge in [-0.05, 0) is 57.3 Å². The second-order valence-corrected chi connectivity index (χ2v) is 15.6. The van der Waals surface area contributed by atoms with Gasteiger partial charge < -0.3 is 0 Å². The Hall–Kier alpha value is -3.16. The van der Waals surface area contributed by atoms with E-state index in [0.29, 0.717) is 11.1 Å².